The van der Waals surface area contributed by atoms with E-state index in [2.05, 4.69) is 22.1 Å². The fourth-order valence-electron chi connectivity index (χ4n) is 3.16. The van der Waals surface area contributed by atoms with E-state index in [0.29, 0.717) is 19.6 Å². The van der Waals surface area contributed by atoms with Gasteiger partial charge in [0.15, 0.2) is 0 Å². The zero-order chi connectivity index (χ0) is 16.9. The van der Waals surface area contributed by atoms with Crippen LogP contribution in [0.15, 0.2) is 42.7 Å². The number of hydrogen-bond acceptors (Lipinski definition) is 4. The van der Waals surface area contributed by atoms with Gasteiger partial charge in [0, 0.05) is 52.0 Å². The molecule has 128 valence electrons. The summed E-state index contributed by atoms with van der Waals surface area (Å²) in [4.78, 5) is 15.5. The van der Waals surface area contributed by atoms with E-state index in [9.17, 15) is 9.90 Å². The van der Waals surface area contributed by atoms with Gasteiger partial charge in [-0.15, -0.1) is 0 Å². The lowest BCUT2D eigenvalue weighted by Gasteiger charge is -2.22. The quantitative estimate of drug-likeness (QED) is 0.908. The lowest BCUT2D eigenvalue weighted by molar-refractivity contribution is -0.129. The molecule has 1 unspecified atom stereocenters. The molecule has 0 spiro atoms. The maximum atomic E-state index is 11.6. The van der Waals surface area contributed by atoms with E-state index in [1.807, 2.05) is 29.1 Å². The molecule has 0 bridgehead atoms. The molecule has 1 aromatic heterocycles. The van der Waals surface area contributed by atoms with Gasteiger partial charge in [-0.25, -0.2) is 0 Å². The van der Waals surface area contributed by atoms with Crippen molar-refractivity contribution in [2.24, 2.45) is 0 Å². The van der Waals surface area contributed by atoms with E-state index in [4.69, 9.17) is 0 Å². The van der Waals surface area contributed by atoms with Crippen LogP contribution in [-0.4, -0.2) is 62.9 Å². The van der Waals surface area contributed by atoms with E-state index in [1.54, 1.807) is 18.0 Å². The summed E-state index contributed by atoms with van der Waals surface area (Å²) in [5.41, 5.74) is 2.46. The molecular weight excluding hydrogens is 304 g/mol. The summed E-state index contributed by atoms with van der Waals surface area (Å²) in [5, 5.41) is 14.5. The highest BCUT2D eigenvalue weighted by Crippen LogP contribution is 2.15. The Morgan fingerprint density at radius 2 is 1.92 bits per heavy atom. The highest BCUT2D eigenvalue weighted by molar-refractivity contribution is 5.73. The number of β-amino-alcohol motifs (C(OH)–C–C–N with tert-alkyl or cyclic N) is 1. The number of aliphatic hydroxyl groups is 1. The summed E-state index contributed by atoms with van der Waals surface area (Å²) in [6, 6.07) is 10.2. The Hall–Kier alpha value is -2.18. The average Bonchev–Trinajstić information content (AvgIpc) is 2.98. The van der Waals surface area contributed by atoms with E-state index in [0.717, 1.165) is 19.6 Å². The highest BCUT2D eigenvalue weighted by atomic mass is 16.3. The van der Waals surface area contributed by atoms with Crippen molar-refractivity contribution in [3.05, 3.63) is 53.9 Å². The predicted octanol–water partition coefficient (Wildman–Crippen LogP) is 0.956. The van der Waals surface area contributed by atoms with Crippen LogP contribution in [0.25, 0.3) is 0 Å². The normalized spacial score (nSPS) is 19.2. The molecule has 0 saturated carbocycles. The Kier molecular flexibility index (Phi) is 5.27. The molecule has 24 heavy (non-hydrogen) atoms. The average molecular weight is 328 g/mol. The molecule has 2 heterocycles. The van der Waals surface area contributed by atoms with Crippen molar-refractivity contribution in [1.29, 1.82) is 0 Å². The number of carbonyl (C=O) groups is 1. The molecule has 1 amide bonds. The molecule has 1 aromatic carbocycles. The molecule has 6 nitrogen and oxygen atoms in total. The van der Waals surface area contributed by atoms with Crippen molar-refractivity contribution in [3.63, 3.8) is 0 Å². The third-order valence-corrected chi connectivity index (χ3v) is 4.44. The molecule has 1 saturated heterocycles. The Morgan fingerprint density at radius 3 is 2.58 bits per heavy atom. The highest BCUT2D eigenvalue weighted by Gasteiger charge is 2.23. The van der Waals surface area contributed by atoms with Crippen LogP contribution in [0.1, 0.15) is 18.1 Å². The second kappa shape index (κ2) is 7.59. The standard InChI is InChI=1S/C18H24N4O2/c1-15(23)21-10-9-20(13-18(24)14-21)11-16-5-2-3-6-17(16)12-22-8-4-7-19-22/h2-8,18,24H,9-14H2,1H3. The van der Waals surface area contributed by atoms with Crippen molar-refractivity contribution < 1.29 is 9.90 Å². The Balaban J connectivity index is 1.70. The number of hydrogen-bond donors (Lipinski definition) is 1. The number of benzene rings is 1. The zero-order valence-corrected chi connectivity index (χ0v) is 14.0. The lowest BCUT2D eigenvalue weighted by Crippen LogP contribution is -2.36. The van der Waals surface area contributed by atoms with E-state index < -0.39 is 6.10 Å². The summed E-state index contributed by atoms with van der Waals surface area (Å²) in [6.07, 6.45) is 3.23. The van der Waals surface area contributed by atoms with Gasteiger partial charge in [-0.3, -0.25) is 14.4 Å². The second-order valence-electron chi connectivity index (χ2n) is 6.33. The molecule has 1 N–H and O–H groups in total. The number of aromatic nitrogens is 2. The molecule has 6 heteroatoms. The molecule has 2 aromatic rings. The van der Waals surface area contributed by atoms with Crippen LogP contribution in [0.4, 0.5) is 0 Å². The lowest BCUT2D eigenvalue weighted by atomic mass is 10.1. The molecule has 0 aliphatic carbocycles. The molecule has 1 aliphatic heterocycles. The molecule has 1 fully saturated rings. The van der Waals surface area contributed by atoms with Crippen LogP contribution in [0, 0.1) is 0 Å². The summed E-state index contributed by atoms with van der Waals surface area (Å²) in [7, 11) is 0. The molecular formula is C18H24N4O2. The van der Waals surface area contributed by atoms with Gasteiger partial charge in [-0.05, 0) is 17.2 Å². The van der Waals surface area contributed by atoms with Crippen LogP contribution in [-0.2, 0) is 17.9 Å². The molecule has 3 rings (SSSR count). The van der Waals surface area contributed by atoms with E-state index >= 15 is 0 Å². The predicted molar refractivity (Wildman–Crippen MR) is 91.3 cm³/mol. The summed E-state index contributed by atoms with van der Waals surface area (Å²) >= 11 is 0. The molecule has 1 atom stereocenters. The third kappa shape index (κ3) is 4.21. The minimum Gasteiger partial charge on any atom is -0.390 e. The topological polar surface area (TPSA) is 61.6 Å². The summed E-state index contributed by atoms with van der Waals surface area (Å²) < 4.78 is 1.91. The first kappa shape index (κ1) is 16.7. The largest absolute Gasteiger partial charge is 0.390 e. The van der Waals surface area contributed by atoms with Crippen LogP contribution >= 0.6 is 0 Å². The van der Waals surface area contributed by atoms with Gasteiger partial charge in [0.1, 0.15) is 0 Å². The van der Waals surface area contributed by atoms with Gasteiger partial charge in [0.05, 0.1) is 12.6 Å². The second-order valence-corrected chi connectivity index (χ2v) is 6.33. The van der Waals surface area contributed by atoms with E-state index in [1.165, 1.54) is 11.1 Å². The van der Waals surface area contributed by atoms with Crippen LogP contribution in [0.2, 0.25) is 0 Å². The van der Waals surface area contributed by atoms with E-state index in [-0.39, 0.29) is 5.91 Å². The van der Waals surface area contributed by atoms with Crippen molar-refractivity contribution in [2.75, 3.05) is 26.2 Å². The number of rotatable bonds is 4. The van der Waals surface area contributed by atoms with Crippen LogP contribution < -0.4 is 0 Å². The van der Waals surface area contributed by atoms with Gasteiger partial charge in [-0.2, -0.15) is 5.10 Å². The number of carbonyl (C=O) groups excluding carboxylic acids is 1. The maximum absolute atomic E-state index is 11.6. The van der Waals surface area contributed by atoms with Crippen LogP contribution in [0.5, 0.6) is 0 Å². The van der Waals surface area contributed by atoms with Gasteiger partial charge in [0.2, 0.25) is 5.91 Å². The fraction of sp³-hybridized carbons (Fsp3) is 0.444. The first-order valence-corrected chi connectivity index (χ1v) is 8.32. The van der Waals surface area contributed by atoms with Crippen molar-refractivity contribution in [1.82, 2.24) is 19.6 Å². The third-order valence-electron chi connectivity index (χ3n) is 4.44. The number of aliphatic hydroxyl groups excluding tert-OH is 1. The minimum absolute atomic E-state index is 0.0231. The molecule has 0 radical (unpaired) electrons. The Bertz CT molecular complexity index is 671. The van der Waals surface area contributed by atoms with Crippen LogP contribution in [0.3, 0.4) is 0 Å². The van der Waals surface area contributed by atoms with Gasteiger partial charge in [0.25, 0.3) is 0 Å². The van der Waals surface area contributed by atoms with Gasteiger partial charge < -0.3 is 10.0 Å². The Morgan fingerprint density at radius 1 is 1.17 bits per heavy atom. The van der Waals surface area contributed by atoms with Crippen molar-refractivity contribution >= 4 is 5.91 Å². The number of amides is 1. The minimum atomic E-state index is -0.505. The Labute approximate surface area is 142 Å². The first-order chi connectivity index (χ1) is 11.6. The van der Waals surface area contributed by atoms with Crippen molar-refractivity contribution in [3.8, 4) is 0 Å². The summed E-state index contributed by atoms with van der Waals surface area (Å²) in [5.74, 6) is 0.0231. The molecule has 1 aliphatic rings. The van der Waals surface area contributed by atoms with Gasteiger partial charge in [-0.1, -0.05) is 24.3 Å². The first-order valence-electron chi connectivity index (χ1n) is 8.32. The zero-order valence-electron chi connectivity index (χ0n) is 14.0. The van der Waals surface area contributed by atoms with Gasteiger partial charge >= 0.3 is 0 Å². The number of nitrogens with zero attached hydrogens (tertiary/aromatic N) is 4. The summed E-state index contributed by atoms with van der Waals surface area (Å²) in [6.45, 7) is 5.49. The smallest absolute Gasteiger partial charge is 0.219 e. The maximum Gasteiger partial charge on any atom is 0.219 e. The monoisotopic (exact) mass is 328 g/mol. The SMILES string of the molecule is CC(=O)N1CCN(Cc2ccccc2Cn2cccn2)CC(O)C1. The van der Waals surface area contributed by atoms with Crippen molar-refractivity contribution in [2.45, 2.75) is 26.1 Å². The fourth-order valence-corrected chi connectivity index (χ4v) is 3.16.